The molecule has 1 aliphatic heterocycles. The molecule has 2 aromatic rings. The third kappa shape index (κ3) is 4.08. The van der Waals surface area contributed by atoms with E-state index in [9.17, 15) is 14.4 Å². The fourth-order valence-corrected chi connectivity index (χ4v) is 2.77. The van der Waals surface area contributed by atoms with Crippen LogP contribution in [0.2, 0.25) is 0 Å². The van der Waals surface area contributed by atoms with E-state index in [4.69, 9.17) is 0 Å². The van der Waals surface area contributed by atoms with Crippen molar-refractivity contribution in [1.82, 2.24) is 14.8 Å². The van der Waals surface area contributed by atoms with E-state index in [1.165, 1.54) is 0 Å². The van der Waals surface area contributed by atoms with Gasteiger partial charge in [0.1, 0.15) is 12.2 Å². The van der Waals surface area contributed by atoms with Gasteiger partial charge in [0.25, 0.3) is 5.91 Å². The molecular weight excluding hydrogens is 344 g/mol. The van der Waals surface area contributed by atoms with E-state index in [0.29, 0.717) is 11.7 Å². The normalized spacial score (nSPS) is 15.6. The van der Waals surface area contributed by atoms with Gasteiger partial charge in [-0.2, -0.15) is 0 Å². The highest BCUT2D eigenvalue weighted by atomic mass is 16.2. The van der Waals surface area contributed by atoms with Gasteiger partial charge in [0.2, 0.25) is 5.91 Å². The Morgan fingerprint density at radius 1 is 1.22 bits per heavy atom. The summed E-state index contributed by atoms with van der Waals surface area (Å²) >= 11 is 0. The van der Waals surface area contributed by atoms with Crippen molar-refractivity contribution in [3.63, 3.8) is 0 Å². The Morgan fingerprint density at radius 3 is 2.63 bits per heavy atom. The van der Waals surface area contributed by atoms with Crippen molar-refractivity contribution in [3.05, 3.63) is 59.5 Å². The number of rotatable bonds is 5. The van der Waals surface area contributed by atoms with Crippen LogP contribution in [0.4, 0.5) is 10.5 Å². The Labute approximate surface area is 157 Å². The highest BCUT2D eigenvalue weighted by molar-refractivity contribution is 6.15. The molecule has 1 fully saturated rings. The number of nitrogens with zero attached hydrogens (tertiary/aromatic N) is 2. The summed E-state index contributed by atoms with van der Waals surface area (Å²) in [6.45, 7) is 5.62. The van der Waals surface area contributed by atoms with Crippen LogP contribution in [0, 0.1) is 6.92 Å². The molecule has 0 atom stereocenters. The van der Waals surface area contributed by atoms with E-state index in [2.05, 4.69) is 10.6 Å². The van der Waals surface area contributed by atoms with Crippen molar-refractivity contribution >= 4 is 29.6 Å². The molecule has 4 amide bonds. The number of hydrogen-bond donors (Lipinski definition) is 2. The molecule has 0 saturated carbocycles. The number of carbonyl (C=O) groups excluding carboxylic acids is 3. The first kappa shape index (κ1) is 18.4. The predicted molar refractivity (Wildman–Crippen MR) is 103 cm³/mol. The Kier molecular flexibility index (Phi) is 5.12. The van der Waals surface area contributed by atoms with Crippen LogP contribution in [0.1, 0.15) is 31.0 Å². The summed E-state index contributed by atoms with van der Waals surface area (Å²) in [6.07, 6.45) is 5.41. The number of aromatic nitrogens is 1. The lowest BCUT2D eigenvalue weighted by molar-refractivity contribution is -0.127. The number of amides is 4. The van der Waals surface area contributed by atoms with Crippen LogP contribution < -0.4 is 10.6 Å². The zero-order valence-corrected chi connectivity index (χ0v) is 15.5. The molecule has 27 heavy (non-hydrogen) atoms. The average Bonchev–Trinajstić information content (AvgIpc) is 3.18. The molecule has 2 N–H and O–H groups in total. The van der Waals surface area contributed by atoms with Crippen molar-refractivity contribution < 1.29 is 14.4 Å². The van der Waals surface area contributed by atoms with Gasteiger partial charge in [0, 0.05) is 24.1 Å². The minimum absolute atomic E-state index is 0.158. The van der Waals surface area contributed by atoms with Crippen molar-refractivity contribution in [2.24, 2.45) is 0 Å². The molecule has 1 aromatic carbocycles. The van der Waals surface area contributed by atoms with E-state index < -0.39 is 17.8 Å². The Morgan fingerprint density at radius 2 is 1.96 bits per heavy atom. The molecule has 7 heteroatoms. The van der Waals surface area contributed by atoms with Crippen molar-refractivity contribution in [3.8, 4) is 0 Å². The molecule has 0 radical (unpaired) electrons. The van der Waals surface area contributed by atoms with Crippen molar-refractivity contribution in [2.75, 3.05) is 11.9 Å². The van der Waals surface area contributed by atoms with E-state index in [-0.39, 0.29) is 12.2 Å². The van der Waals surface area contributed by atoms with Gasteiger partial charge in [-0.25, -0.2) is 9.69 Å². The smallest absolute Gasteiger partial charge is 0.329 e. The number of carbonyl (C=O) groups is 3. The zero-order valence-electron chi connectivity index (χ0n) is 15.5. The van der Waals surface area contributed by atoms with Crippen molar-refractivity contribution in [2.45, 2.75) is 26.8 Å². The monoisotopic (exact) mass is 366 g/mol. The Bertz CT molecular complexity index is 927. The molecule has 0 unspecified atom stereocenters. The van der Waals surface area contributed by atoms with Gasteiger partial charge in [-0.3, -0.25) is 9.59 Å². The molecule has 3 rings (SSSR count). The third-order valence-corrected chi connectivity index (χ3v) is 4.33. The van der Waals surface area contributed by atoms with Crippen LogP contribution in [-0.2, 0) is 9.59 Å². The number of nitrogens with one attached hydrogen (secondary N) is 2. The number of anilines is 1. The lowest BCUT2D eigenvalue weighted by Gasteiger charge is -2.13. The summed E-state index contributed by atoms with van der Waals surface area (Å²) in [4.78, 5) is 37.8. The summed E-state index contributed by atoms with van der Waals surface area (Å²) in [5.74, 6) is -0.947. The quantitative estimate of drug-likeness (QED) is 0.630. The average molecular weight is 366 g/mol. The summed E-state index contributed by atoms with van der Waals surface area (Å²) in [5.41, 5.74) is 2.52. The second-order valence-electron chi connectivity index (χ2n) is 6.73. The number of hydrogen-bond acceptors (Lipinski definition) is 3. The maximum Gasteiger partial charge on any atom is 0.329 e. The fourth-order valence-electron chi connectivity index (χ4n) is 2.77. The topological polar surface area (TPSA) is 83.4 Å². The number of imide groups is 1. The number of para-hydroxylation sites is 1. The predicted octanol–water partition coefficient (Wildman–Crippen LogP) is 2.91. The SMILES string of the molecule is Cc1ccccc1NC(=O)CN1C(=O)N/C(=C/c2ccn(C(C)C)c2)C1=O. The van der Waals surface area contributed by atoms with Crippen LogP contribution in [0.15, 0.2) is 48.4 Å². The number of urea groups is 1. The Balaban J connectivity index is 1.69. The maximum absolute atomic E-state index is 12.5. The van der Waals surface area contributed by atoms with E-state index in [1.54, 1.807) is 18.2 Å². The molecule has 0 aliphatic carbocycles. The molecule has 1 saturated heterocycles. The van der Waals surface area contributed by atoms with Crippen molar-refractivity contribution in [1.29, 1.82) is 0 Å². The second-order valence-corrected chi connectivity index (χ2v) is 6.73. The lowest BCUT2D eigenvalue weighted by Crippen LogP contribution is -2.38. The zero-order chi connectivity index (χ0) is 19.6. The van der Waals surface area contributed by atoms with Gasteiger partial charge in [0.05, 0.1) is 0 Å². The molecular formula is C20H22N4O3. The number of benzene rings is 1. The minimum atomic E-state index is -0.602. The molecule has 7 nitrogen and oxygen atoms in total. The van der Waals surface area contributed by atoms with Gasteiger partial charge in [0.15, 0.2) is 0 Å². The molecule has 0 bridgehead atoms. The van der Waals surface area contributed by atoms with Crippen LogP contribution in [0.5, 0.6) is 0 Å². The fraction of sp³-hybridized carbons (Fsp3) is 0.250. The highest BCUT2D eigenvalue weighted by Gasteiger charge is 2.35. The standard InChI is InChI=1S/C20H22N4O3/c1-13(2)23-9-8-15(11-23)10-17-19(26)24(20(27)22-17)12-18(25)21-16-7-5-4-6-14(16)3/h4-11,13H,12H2,1-3H3,(H,21,25)(H,22,27)/b17-10+. The molecule has 1 aliphatic rings. The van der Waals surface area contributed by atoms with Gasteiger partial charge < -0.3 is 15.2 Å². The van der Waals surface area contributed by atoms with E-state index in [0.717, 1.165) is 16.0 Å². The van der Waals surface area contributed by atoms with Gasteiger partial charge in [-0.15, -0.1) is 0 Å². The van der Waals surface area contributed by atoms with Crippen LogP contribution >= 0.6 is 0 Å². The Hall–Kier alpha value is -3.35. The summed E-state index contributed by atoms with van der Waals surface area (Å²) in [5, 5.41) is 5.25. The molecule has 2 heterocycles. The van der Waals surface area contributed by atoms with Crippen LogP contribution in [0.3, 0.4) is 0 Å². The maximum atomic E-state index is 12.5. The summed E-state index contributed by atoms with van der Waals surface area (Å²) < 4.78 is 2.00. The molecule has 0 spiro atoms. The first-order valence-electron chi connectivity index (χ1n) is 8.72. The van der Waals surface area contributed by atoms with Gasteiger partial charge in [-0.05, 0) is 50.1 Å². The molecule has 1 aromatic heterocycles. The van der Waals surface area contributed by atoms with E-state index in [1.807, 2.05) is 55.9 Å². The first-order chi connectivity index (χ1) is 12.8. The summed E-state index contributed by atoms with van der Waals surface area (Å²) in [6, 6.07) is 8.87. The molecule has 140 valence electrons. The number of aryl methyl sites for hydroxylation is 1. The second kappa shape index (κ2) is 7.49. The van der Waals surface area contributed by atoms with Crippen LogP contribution in [0.25, 0.3) is 6.08 Å². The lowest BCUT2D eigenvalue weighted by atomic mass is 10.2. The largest absolute Gasteiger partial charge is 0.351 e. The summed E-state index contributed by atoms with van der Waals surface area (Å²) in [7, 11) is 0. The highest BCUT2D eigenvalue weighted by Crippen LogP contribution is 2.17. The van der Waals surface area contributed by atoms with Gasteiger partial charge in [-0.1, -0.05) is 18.2 Å². The van der Waals surface area contributed by atoms with Gasteiger partial charge >= 0.3 is 6.03 Å². The first-order valence-corrected chi connectivity index (χ1v) is 8.72. The minimum Gasteiger partial charge on any atom is -0.351 e. The third-order valence-electron chi connectivity index (χ3n) is 4.33. The van der Waals surface area contributed by atoms with Crippen LogP contribution in [-0.4, -0.2) is 33.9 Å². The van der Waals surface area contributed by atoms with E-state index >= 15 is 0 Å².